The SMILES string of the molecule is CCOC(=O)C[C@H](c1ccc([N+](=O)[O-])cc1)[C@H](NC(=O)[C@@H]1CCC(=O)N1)C(=O)O. The molecule has 1 aliphatic rings. The van der Waals surface area contributed by atoms with Crippen LogP contribution in [0.15, 0.2) is 24.3 Å². The monoisotopic (exact) mass is 407 g/mol. The van der Waals surface area contributed by atoms with E-state index in [0.717, 1.165) is 0 Å². The van der Waals surface area contributed by atoms with Gasteiger partial charge in [-0.25, -0.2) is 4.79 Å². The first-order chi connectivity index (χ1) is 13.7. The number of carboxylic acid groups (broad SMARTS) is 1. The molecule has 0 radical (unpaired) electrons. The van der Waals surface area contributed by atoms with Crippen LogP contribution in [0.4, 0.5) is 5.69 Å². The number of benzene rings is 1. The number of hydrogen-bond donors (Lipinski definition) is 3. The topological polar surface area (TPSA) is 165 Å². The van der Waals surface area contributed by atoms with Crippen LogP contribution in [0.1, 0.15) is 37.7 Å². The Morgan fingerprint density at radius 2 is 2.00 bits per heavy atom. The van der Waals surface area contributed by atoms with E-state index < -0.39 is 40.8 Å². The summed E-state index contributed by atoms with van der Waals surface area (Å²) in [5.74, 6) is -4.09. The van der Waals surface area contributed by atoms with Crippen LogP contribution in [-0.2, 0) is 23.9 Å². The maximum absolute atomic E-state index is 12.4. The van der Waals surface area contributed by atoms with Gasteiger partial charge >= 0.3 is 11.9 Å². The molecular formula is C18H21N3O8. The molecule has 1 aromatic rings. The average Bonchev–Trinajstić information content (AvgIpc) is 3.11. The highest BCUT2D eigenvalue weighted by Gasteiger charge is 2.36. The lowest BCUT2D eigenvalue weighted by molar-refractivity contribution is -0.384. The Morgan fingerprint density at radius 3 is 2.48 bits per heavy atom. The van der Waals surface area contributed by atoms with E-state index in [1.165, 1.54) is 24.3 Å². The van der Waals surface area contributed by atoms with Crippen molar-refractivity contribution in [2.24, 2.45) is 0 Å². The van der Waals surface area contributed by atoms with Crippen LogP contribution in [0.25, 0.3) is 0 Å². The second-order valence-electron chi connectivity index (χ2n) is 6.45. The Morgan fingerprint density at radius 1 is 1.34 bits per heavy atom. The average molecular weight is 407 g/mol. The van der Waals surface area contributed by atoms with Crippen LogP contribution < -0.4 is 10.6 Å². The molecule has 0 unspecified atom stereocenters. The van der Waals surface area contributed by atoms with E-state index in [2.05, 4.69) is 10.6 Å². The highest BCUT2D eigenvalue weighted by molar-refractivity contribution is 5.93. The van der Waals surface area contributed by atoms with Gasteiger partial charge in [-0.1, -0.05) is 12.1 Å². The summed E-state index contributed by atoms with van der Waals surface area (Å²) in [6, 6.07) is 2.68. The first-order valence-electron chi connectivity index (χ1n) is 8.95. The molecule has 1 aromatic carbocycles. The third-order valence-electron chi connectivity index (χ3n) is 4.50. The molecule has 2 amide bonds. The van der Waals surface area contributed by atoms with Gasteiger partial charge in [0, 0.05) is 24.5 Å². The summed E-state index contributed by atoms with van der Waals surface area (Å²) < 4.78 is 4.89. The van der Waals surface area contributed by atoms with Crippen molar-refractivity contribution in [3.63, 3.8) is 0 Å². The number of non-ortho nitro benzene ring substituents is 1. The number of rotatable bonds is 9. The summed E-state index contributed by atoms with van der Waals surface area (Å²) in [5, 5.41) is 25.3. The fourth-order valence-corrected chi connectivity index (χ4v) is 3.07. The van der Waals surface area contributed by atoms with Gasteiger partial charge in [0.15, 0.2) is 0 Å². The minimum atomic E-state index is -1.51. The number of nitro groups is 1. The maximum atomic E-state index is 12.4. The van der Waals surface area contributed by atoms with Crippen molar-refractivity contribution >= 4 is 29.4 Å². The molecule has 0 saturated carbocycles. The van der Waals surface area contributed by atoms with Crippen molar-refractivity contribution in [1.29, 1.82) is 0 Å². The summed E-state index contributed by atoms with van der Waals surface area (Å²) in [7, 11) is 0. The summed E-state index contributed by atoms with van der Waals surface area (Å²) in [6.45, 7) is 1.68. The number of carbonyl (C=O) groups is 4. The van der Waals surface area contributed by atoms with E-state index in [0.29, 0.717) is 5.56 Å². The summed E-state index contributed by atoms with van der Waals surface area (Å²) in [6.07, 6.45) is 0.0292. The zero-order chi connectivity index (χ0) is 21.6. The van der Waals surface area contributed by atoms with Gasteiger partial charge in [0.05, 0.1) is 18.0 Å². The predicted octanol–water partition coefficient (Wildman–Crippen LogP) is 0.480. The van der Waals surface area contributed by atoms with E-state index in [1.54, 1.807) is 6.92 Å². The highest BCUT2D eigenvalue weighted by Crippen LogP contribution is 2.27. The molecule has 0 spiro atoms. The molecule has 0 aliphatic carbocycles. The van der Waals surface area contributed by atoms with Crippen molar-refractivity contribution in [1.82, 2.24) is 10.6 Å². The van der Waals surface area contributed by atoms with Crippen LogP contribution in [0.2, 0.25) is 0 Å². The Balaban J connectivity index is 2.30. The number of carbonyl (C=O) groups excluding carboxylic acids is 3. The minimum Gasteiger partial charge on any atom is -0.480 e. The summed E-state index contributed by atoms with van der Waals surface area (Å²) in [4.78, 5) is 57.9. The normalized spacial score (nSPS) is 17.7. The summed E-state index contributed by atoms with van der Waals surface area (Å²) >= 11 is 0. The number of esters is 1. The van der Waals surface area contributed by atoms with Crippen molar-refractivity contribution in [2.45, 2.75) is 44.2 Å². The van der Waals surface area contributed by atoms with Crippen LogP contribution in [0.5, 0.6) is 0 Å². The van der Waals surface area contributed by atoms with E-state index in [1.807, 2.05) is 0 Å². The molecule has 3 atom stereocenters. The van der Waals surface area contributed by atoms with Crippen LogP contribution in [0, 0.1) is 10.1 Å². The Kier molecular flexibility index (Phi) is 7.23. The van der Waals surface area contributed by atoms with Crippen LogP contribution in [-0.4, -0.2) is 52.5 Å². The van der Waals surface area contributed by atoms with Gasteiger partial charge < -0.3 is 20.5 Å². The zero-order valence-electron chi connectivity index (χ0n) is 15.6. The van der Waals surface area contributed by atoms with Gasteiger partial charge in [-0.3, -0.25) is 24.5 Å². The summed E-state index contributed by atoms with van der Waals surface area (Å²) in [5.41, 5.74) is 0.111. The van der Waals surface area contributed by atoms with E-state index in [4.69, 9.17) is 4.74 Å². The van der Waals surface area contributed by atoms with Crippen molar-refractivity contribution in [3.05, 3.63) is 39.9 Å². The molecule has 156 valence electrons. The Bertz CT molecular complexity index is 808. The predicted molar refractivity (Wildman–Crippen MR) is 97.8 cm³/mol. The van der Waals surface area contributed by atoms with E-state index in [9.17, 15) is 34.4 Å². The molecule has 0 aromatic heterocycles. The van der Waals surface area contributed by atoms with Gasteiger partial charge in [-0.05, 0) is 18.9 Å². The van der Waals surface area contributed by atoms with Gasteiger partial charge in [-0.2, -0.15) is 0 Å². The number of amides is 2. The second kappa shape index (κ2) is 9.62. The molecular weight excluding hydrogens is 386 g/mol. The molecule has 11 nitrogen and oxygen atoms in total. The van der Waals surface area contributed by atoms with Gasteiger partial charge in [0.25, 0.3) is 5.69 Å². The molecule has 29 heavy (non-hydrogen) atoms. The second-order valence-corrected chi connectivity index (χ2v) is 6.45. The number of ether oxygens (including phenoxy) is 1. The fraction of sp³-hybridized carbons (Fsp3) is 0.444. The van der Waals surface area contributed by atoms with Crippen LogP contribution in [0.3, 0.4) is 0 Å². The molecule has 3 N–H and O–H groups in total. The smallest absolute Gasteiger partial charge is 0.326 e. The lowest BCUT2D eigenvalue weighted by Crippen LogP contribution is -2.51. The van der Waals surface area contributed by atoms with Gasteiger partial charge in [0.2, 0.25) is 11.8 Å². The van der Waals surface area contributed by atoms with Crippen LogP contribution >= 0.6 is 0 Å². The number of nitrogens with zero attached hydrogens (tertiary/aromatic N) is 1. The van der Waals surface area contributed by atoms with Crippen molar-refractivity contribution < 1.29 is 33.9 Å². The number of aliphatic carboxylic acids is 1. The quantitative estimate of drug-likeness (QED) is 0.302. The Hall–Kier alpha value is -3.50. The molecule has 1 aliphatic heterocycles. The third-order valence-corrected chi connectivity index (χ3v) is 4.50. The Labute approximate surface area is 165 Å². The first-order valence-corrected chi connectivity index (χ1v) is 8.95. The third kappa shape index (κ3) is 5.74. The van der Waals surface area contributed by atoms with Crippen molar-refractivity contribution in [3.8, 4) is 0 Å². The number of hydrogen-bond acceptors (Lipinski definition) is 7. The van der Waals surface area contributed by atoms with Gasteiger partial charge in [0.1, 0.15) is 12.1 Å². The molecule has 0 bridgehead atoms. The largest absolute Gasteiger partial charge is 0.480 e. The molecule has 1 fully saturated rings. The molecule has 2 rings (SSSR count). The number of nitrogens with one attached hydrogen (secondary N) is 2. The maximum Gasteiger partial charge on any atom is 0.326 e. The minimum absolute atomic E-state index is 0.0873. The molecule has 1 saturated heterocycles. The van der Waals surface area contributed by atoms with E-state index in [-0.39, 0.29) is 37.5 Å². The molecule has 1 heterocycles. The lowest BCUT2D eigenvalue weighted by Gasteiger charge is -2.26. The lowest BCUT2D eigenvalue weighted by atomic mass is 9.88. The number of carboxylic acids is 1. The standard InChI is InChI=1S/C18H21N3O8/c1-2-29-15(23)9-12(10-3-5-11(6-4-10)21(27)28)16(18(25)26)20-17(24)13-7-8-14(22)19-13/h3-6,12-13,16H,2,7-9H2,1H3,(H,19,22)(H,20,24)(H,25,26)/t12-,13+,16+/m1/s1. The van der Waals surface area contributed by atoms with Crippen molar-refractivity contribution in [2.75, 3.05) is 6.61 Å². The van der Waals surface area contributed by atoms with Gasteiger partial charge in [-0.15, -0.1) is 0 Å². The zero-order valence-corrected chi connectivity index (χ0v) is 15.6. The van der Waals surface area contributed by atoms with E-state index >= 15 is 0 Å². The number of nitro benzene ring substituents is 1. The molecule has 11 heteroatoms. The fourth-order valence-electron chi connectivity index (χ4n) is 3.07. The first kappa shape index (κ1) is 21.8. The highest BCUT2D eigenvalue weighted by atomic mass is 16.6.